The molecule has 3 heterocycles. The maximum atomic E-state index is 12.7. The molecule has 1 unspecified atom stereocenters. The van der Waals surface area contributed by atoms with Gasteiger partial charge in [-0.2, -0.15) is 13.2 Å². The van der Waals surface area contributed by atoms with Gasteiger partial charge in [0.2, 0.25) is 11.7 Å². The van der Waals surface area contributed by atoms with Crippen molar-refractivity contribution in [1.82, 2.24) is 29.5 Å². The van der Waals surface area contributed by atoms with Gasteiger partial charge in [0.15, 0.2) is 0 Å². The molecule has 0 saturated carbocycles. The van der Waals surface area contributed by atoms with Crippen molar-refractivity contribution in [1.29, 1.82) is 0 Å². The minimum atomic E-state index is -5.08. The number of amides is 2. The Morgan fingerprint density at radius 3 is 2.42 bits per heavy atom. The Bertz CT molecular complexity index is 848. The fourth-order valence-corrected chi connectivity index (χ4v) is 3.23. The molecular weight excluding hydrogens is 453 g/mol. The van der Waals surface area contributed by atoms with Crippen LogP contribution in [0.5, 0.6) is 0 Å². The van der Waals surface area contributed by atoms with Crippen LogP contribution in [0.2, 0.25) is 0 Å². The second-order valence-electron chi connectivity index (χ2n) is 7.85. The molecule has 2 fully saturated rings. The number of alkyl halides is 3. The summed E-state index contributed by atoms with van der Waals surface area (Å²) in [5, 5.41) is 11.2. The molecule has 3 rings (SSSR count). The summed E-state index contributed by atoms with van der Waals surface area (Å²) in [6.07, 6.45) is -3.58. The number of aromatic nitrogens is 3. The smallest absolute Gasteiger partial charge is 0.475 e. The number of rotatable bonds is 3. The topological polar surface area (TPSA) is 130 Å². The predicted octanol–water partition coefficient (Wildman–Crippen LogP) is -0.920. The number of nitrogens with zero attached hydrogens (tertiary/aromatic N) is 6. The highest BCUT2D eigenvalue weighted by Gasteiger charge is 2.42. The van der Waals surface area contributed by atoms with E-state index in [9.17, 15) is 22.8 Å². The quantitative estimate of drug-likeness (QED) is 0.584. The van der Waals surface area contributed by atoms with Crippen LogP contribution >= 0.6 is 0 Å². The molecular formula is C18H27F3N6O6. The summed E-state index contributed by atoms with van der Waals surface area (Å²) in [6, 6.07) is 0. The van der Waals surface area contributed by atoms with E-state index in [0.717, 1.165) is 0 Å². The third-order valence-electron chi connectivity index (χ3n) is 4.86. The number of aliphatic carboxylic acids is 1. The molecule has 12 nitrogen and oxygen atoms in total. The van der Waals surface area contributed by atoms with E-state index < -0.39 is 17.7 Å². The summed E-state index contributed by atoms with van der Waals surface area (Å²) in [4.78, 5) is 43.0. The van der Waals surface area contributed by atoms with Crippen LogP contribution in [-0.4, -0.2) is 131 Å². The zero-order valence-corrected chi connectivity index (χ0v) is 18.5. The Morgan fingerprint density at radius 2 is 1.88 bits per heavy atom. The van der Waals surface area contributed by atoms with Crippen molar-refractivity contribution < 1.29 is 42.1 Å². The van der Waals surface area contributed by atoms with Gasteiger partial charge >= 0.3 is 12.1 Å². The summed E-state index contributed by atoms with van der Waals surface area (Å²) in [7, 11) is 5.21. The number of carboxylic acid groups (broad SMARTS) is 1. The molecule has 2 aliphatic rings. The Labute approximate surface area is 187 Å². The molecule has 33 heavy (non-hydrogen) atoms. The fourth-order valence-electron chi connectivity index (χ4n) is 3.23. The number of carbonyl (C=O) groups is 3. The van der Waals surface area contributed by atoms with E-state index >= 15 is 0 Å². The van der Waals surface area contributed by atoms with Crippen LogP contribution in [-0.2, 0) is 26.1 Å². The number of ether oxygens (including phenoxy) is 2. The van der Waals surface area contributed by atoms with Crippen LogP contribution in [0.3, 0.4) is 0 Å². The molecule has 0 aromatic carbocycles. The summed E-state index contributed by atoms with van der Waals surface area (Å²) in [6.45, 7) is 3.69. The van der Waals surface area contributed by atoms with Gasteiger partial charge in [0.05, 0.1) is 32.9 Å². The standard InChI is InChI=1S/C16H26N6O4.C2HF3O2/c1-19(2)13(23)8-21-4-6-25-11-16(9-21)10-22(5-7-26-16)15(24)14-17-12-20(3)18-14;3-2(4,5)1(6)7/h12H,4-11H2,1-3H3;(H,6,7). The number of likely N-dealkylation sites (N-methyl/N-ethyl adjacent to an activating group) is 1. The highest BCUT2D eigenvalue weighted by Crippen LogP contribution is 2.23. The number of aryl methyl sites for hydroxylation is 1. The lowest BCUT2D eigenvalue weighted by Crippen LogP contribution is -2.60. The molecule has 1 aromatic rings. The second-order valence-corrected chi connectivity index (χ2v) is 7.85. The van der Waals surface area contributed by atoms with Crippen LogP contribution in [0, 0.1) is 0 Å². The van der Waals surface area contributed by atoms with Gasteiger partial charge < -0.3 is 24.4 Å². The van der Waals surface area contributed by atoms with Gasteiger partial charge in [0.1, 0.15) is 11.9 Å². The summed E-state index contributed by atoms with van der Waals surface area (Å²) < 4.78 is 45.0. The lowest BCUT2D eigenvalue weighted by Gasteiger charge is -2.43. The van der Waals surface area contributed by atoms with E-state index in [1.54, 1.807) is 30.9 Å². The lowest BCUT2D eigenvalue weighted by molar-refractivity contribution is -0.192. The number of morpholine rings is 1. The van der Waals surface area contributed by atoms with E-state index in [2.05, 4.69) is 10.1 Å². The third kappa shape index (κ3) is 7.64. The van der Waals surface area contributed by atoms with Gasteiger partial charge in [0.25, 0.3) is 5.91 Å². The minimum Gasteiger partial charge on any atom is -0.475 e. The maximum Gasteiger partial charge on any atom is 0.490 e. The predicted molar refractivity (Wildman–Crippen MR) is 105 cm³/mol. The molecule has 15 heteroatoms. The number of halogens is 3. The molecule has 1 aromatic heterocycles. The SMILES string of the molecule is CN(C)C(=O)CN1CCOCC2(C1)CN(C(=O)c1ncn(C)n1)CCO2.O=C(O)C(F)(F)F. The molecule has 1 atom stereocenters. The first kappa shape index (κ1) is 26.5. The average molecular weight is 480 g/mol. The summed E-state index contributed by atoms with van der Waals surface area (Å²) in [5.41, 5.74) is -0.647. The molecule has 1 spiro atoms. The first-order valence-electron chi connectivity index (χ1n) is 9.92. The van der Waals surface area contributed by atoms with Gasteiger partial charge in [-0.25, -0.2) is 9.78 Å². The fraction of sp³-hybridized carbons (Fsp3) is 0.722. The van der Waals surface area contributed by atoms with Crippen LogP contribution in [0.25, 0.3) is 0 Å². The van der Waals surface area contributed by atoms with Gasteiger partial charge in [-0.05, 0) is 0 Å². The van der Waals surface area contributed by atoms with E-state index in [4.69, 9.17) is 19.4 Å². The normalized spacial score (nSPS) is 21.7. The first-order chi connectivity index (χ1) is 15.3. The molecule has 1 N–H and O–H groups in total. The molecule has 0 aliphatic carbocycles. The van der Waals surface area contributed by atoms with E-state index in [-0.39, 0.29) is 17.6 Å². The van der Waals surface area contributed by atoms with Crippen molar-refractivity contribution in [3.63, 3.8) is 0 Å². The van der Waals surface area contributed by atoms with Crippen LogP contribution in [0.4, 0.5) is 13.2 Å². The second kappa shape index (κ2) is 10.9. The largest absolute Gasteiger partial charge is 0.490 e. The Kier molecular flexibility index (Phi) is 8.74. The average Bonchev–Trinajstić information content (AvgIpc) is 3.07. The number of hydrogen-bond donors (Lipinski definition) is 1. The van der Waals surface area contributed by atoms with E-state index in [1.807, 2.05) is 4.90 Å². The van der Waals surface area contributed by atoms with Crippen molar-refractivity contribution in [3.05, 3.63) is 12.2 Å². The third-order valence-corrected chi connectivity index (χ3v) is 4.86. The highest BCUT2D eigenvalue weighted by atomic mass is 19.4. The van der Waals surface area contributed by atoms with Gasteiger partial charge in [-0.1, -0.05) is 0 Å². The number of hydrogen-bond acceptors (Lipinski definition) is 8. The van der Waals surface area contributed by atoms with Crippen molar-refractivity contribution in [3.8, 4) is 0 Å². The zero-order chi connectivity index (χ0) is 24.8. The van der Waals surface area contributed by atoms with E-state index in [1.165, 1.54) is 11.0 Å². The van der Waals surface area contributed by atoms with Gasteiger partial charge in [0, 0.05) is 40.8 Å². The molecule has 0 radical (unpaired) electrons. The zero-order valence-electron chi connectivity index (χ0n) is 18.5. The van der Waals surface area contributed by atoms with Crippen molar-refractivity contribution in [2.24, 2.45) is 7.05 Å². The van der Waals surface area contributed by atoms with Crippen molar-refractivity contribution in [2.45, 2.75) is 11.8 Å². The Morgan fingerprint density at radius 1 is 1.21 bits per heavy atom. The Balaban J connectivity index is 0.000000479. The van der Waals surface area contributed by atoms with Crippen LogP contribution in [0.15, 0.2) is 6.33 Å². The highest BCUT2D eigenvalue weighted by molar-refractivity contribution is 5.90. The maximum absolute atomic E-state index is 12.7. The molecule has 186 valence electrons. The molecule has 0 bridgehead atoms. The summed E-state index contributed by atoms with van der Waals surface area (Å²) in [5.74, 6) is -2.76. The molecule has 2 saturated heterocycles. The minimum absolute atomic E-state index is 0.0310. The molecule has 2 aliphatic heterocycles. The molecule has 2 amide bonds. The number of carboxylic acids is 1. The van der Waals surface area contributed by atoms with Crippen molar-refractivity contribution >= 4 is 17.8 Å². The van der Waals surface area contributed by atoms with E-state index in [0.29, 0.717) is 52.5 Å². The lowest BCUT2D eigenvalue weighted by atomic mass is 10.0. The Hall–Kier alpha value is -2.78. The van der Waals surface area contributed by atoms with Gasteiger partial charge in [-0.15, -0.1) is 5.10 Å². The first-order valence-corrected chi connectivity index (χ1v) is 9.92. The van der Waals surface area contributed by atoms with Crippen LogP contribution in [0.1, 0.15) is 10.6 Å². The summed E-state index contributed by atoms with van der Waals surface area (Å²) >= 11 is 0. The van der Waals surface area contributed by atoms with Gasteiger partial charge in [-0.3, -0.25) is 19.2 Å². The van der Waals surface area contributed by atoms with Crippen LogP contribution < -0.4 is 0 Å². The van der Waals surface area contributed by atoms with Crippen molar-refractivity contribution in [2.75, 3.05) is 66.6 Å². The number of carbonyl (C=O) groups excluding carboxylic acids is 2. The monoisotopic (exact) mass is 480 g/mol.